The maximum absolute atomic E-state index is 12.8. The van der Waals surface area contributed by atoms with Crippen LogP contribution in [-0.2, 0) is 20.7 Å². The summed E-state index contributed by atoms with van der Waals surface area (Å²) in [5.41, 5.74) is 0.605. The Bertz CT molecular complexity index is 828. The molecule has 6 heteroatoms. The van der Waals surface area contributed by atoms with Gasteiger partial charge < -0.3 is 19.4 Å². The molecule has 0 unspecified atom stereocenters. The summed E-state index contributed by atoms with van der Waals surface area (Å²) in [6, 6.07) is 9.35. The van der Waals surface area contributed by atoms with Crippen molar-refractivity contribution in [3.8, 4) is 0 Å². The number of fused-ring (bicyclic) bond motifs is 1. The summed E-state index contributed by atoms with van der Waals surface area (Å²) in [6.45, 7) is 5.32. The number of aromatic amines is 1. The molecule has 1 saturated heterocycles. The van der Waals surface area contributed by atoms with E-state index in [1.165, 1.54) is 0 Å². The van der Waals surface area contributed by atoms with Gasteiger partial charge >= 0.3 is 0 Å². The summed E-state index contributed by atoms with van der Waals surface area (Å²) >= 11 is 0. The summed E-state index contributed by atoms with van der Waals surface area (Å²) in [4.78, 5) is 29.7. The van der Waals surface area contributed by atoms with Gasteiger partial charge in [0.2, 0.25) is 5.91 Å². The minimum atomic E-state index is -0.438. The molecule has 1 N–H and O–H groups in total. The molecule has 3 rings (SSSR count). The van der Waals surface area contributed by atoms with E-state index in [9.17, 15) is 9.59 Å². The molecule has 0 radical (unpaired) electrons. The van der Waals surface area contributed by atoms with Gasteiger partial charge in [0.15, 0.2) is 0 Å². The fourth-order valence-electron chi connectivity index (χ4n) is 3.36. The summed E-state index contributed by atoms with van der Waals surface area (Å²) < 4.78 is 11.1. The van der Waals surface area contributed by atoms with Gasteiger partial charge in [0.05, 0.1) is 24.7 Å². The summed E-state index contributed by atoms with van der Waals surface area (Å²) in [6.07, 6.45) is -0.0803. The predicted molar refractivity (Wildman–Crippen MR) is 95.7 cm³/mol. The van der Waals surface area contributed by atoms with Gasteiger partial charge in [0.25, 0.3) is 5.56 Å². The zero-order valence-electron chi connectivity index (χ0n) is 14.9. The molecular weight excluding hydrogens is 320 g/mol. The number of ether oxygens (including phenoxy) is 2. The average Bonchev–Trinajstić information content (AvgIpc) is 2.54. The van der Waals surface area contributed by atoms with Gasteiger partial charge in [-0.25, -0.2) is 0 Å². The van der Waals surface area contributed by atoms with Crippen molar-refractivity contribution in [3.63, 3.8) is 0 Å². The molecule has 1 fully saturated rings. The normalized spacial score (nSPS) is 20.0. The molecular formula is C19H24N2O4. The number of nitrogens with one attached hydrogen (secondary N) is 1. The number of morpholine rings is 1. The summed E-state index contributed by atoms with van der Waals surface area (Å²) in [7, 11) is 1.62. The molecule has 2 heterocycles. The molecule has 0 bridgehead atoms. The van der Waals surface area contributed by atoms with Crippen molar-refractivity contribution in [1.82, 2.24) is 9.88 Å². The second-order valence-corrected chi connectivity index (χ2v) is 7.12. The Balaban J connectivity index is 1.79. The molecule has 1 aliphatic rings. The van der Waals surface area contributed by atoms with Crippen molar-refractivity contribution in [2.75, 3.05) is 26.8 Å². The van der Waals surface area contributed by atoms with Crippen LogP contribution in [0.5, 0.6) is 0 Å². The number of amides is 1. The van der Waals surface area contributed by atoms with Crippen LogP contribution in [0.2, 0.25) is 0 Å². The number of carbonyl (C=O) groups is 1. The van der Waals surface area contributed by atoms with Gasteiger partial charge in [0.1, 0.15) is 0 Å². The van der Waals surface area contributed by atoms with Crippen molar-refractivity contribution in [3.05, 3.63) is 46.2 Å². The van der Waals surface area contributed by atoms with Crippen LogP contribution in [0.3, 0.4) is 0 Å². The minimum Gasteiger partial charge on any atom is -0.382 e. The topological polar surface area (TPSA) is 71.6 Å². The number of benzene rings is 1. The van der Waals surface area contributed by atoms with E-state index in [2.05, 4.69) is 4.98 Å². The predicted octanol–water partition coefficient (Wildman–Crippen LogP) is 1.72. The van der Waals surface area contributed by atoms with Crippen LogP contribution in [-0.4, -0.2) is 54.3 Å². The minimum absolute atomic E-state index is 0.0711. The molecule has 6 nitrogen and oxygen atoms in total. The first kappa shape index (κ1) is 17.6. The molecule has 1 aromatic heterocycles. The fraction of sp³-hybridized carbons (Fsp3) is 0.474. The lowest BCUT2D eigenvalue weighted by atomic mass is 10.0. The van der Waals surface area contributed by atoms with E-state index in [0.717, 1.165) is 10.9 Å². The van der Waals surface area contributed by atoms with Gasteiger partial charge in [-0.05, 0) is 31.4 Å². The highest BCUT2D eigenvalue weighted by atomic mass is 16.5. The molecule has 1 amide bonds. The third-order valence-electron chi connectivity index (χ3n) is 4.36. The number of nitrogens with zero attached hydrogens (tertiary/aromatic N) is 1. The Kier molecular flexibility index (Phi) is 4.92. The lowest BCUT2D eigenvalue weighted by molar-refractivity contribution is -0.168. The van der Waals surface area contributed by atoms with Crippen LogP contribution in [0, 0.1) is 0 Å². The molecule has 1 aliphatic heterocycles. The SMILES string of the molecule is COC[C@H]1CN(C(=O)Cc2cc3ccccc3[nH]c2=O)CC(C)(C)O1. The van der Waals surface area contributed by atoms with E-state index in [0.29, 0.717) is 25.3 Å². The molecule has 0 spiro atoms. The average molecular weight is 344 g/mol. The number of pyridine rings is 1. The second kappa shape index (κ2) is 6.98. The highest BCUT2D eigenvalue weighted by Crippen LogP contribution is 2.22. The molecule has 1 atom stereocenters. The van der Waals surface area contributed by atoms with Crippen molar-refractivity contribution in [2.45, 2.75) is 32.0 Å². The van der Waals surface area contributed by atoms with Gasteiger partial charge in [-0.2, -0.15) is 0 Å². The number of methoxy groups -OCH3 is 1. The zero-order chi connectivity index (χ0) is 18.0. The fourth-order valence-corrected chi connectivity index (χ4v) is 3.36. The molecule has 2 aromatic rings. The Morgan fingerprint density at radius 3 is 2.92 bits per heavy atom. The van der Waals surface area contributed by atoms with E-state index < -0.39 is 5.60 Å². The van der Waals surface area contributed by atoms with Crippen molar-refractivity contribution in [2.24, 2.45) is 0 Å². The highest BCUT2D eigenvalue weighted by molar-refractivity contribution is 5.82. The second-order valence-electron chi connectivity index (χ2n) is 7.12. The summed E-state index contributed by atoms with van der Waals surface area (Å²) in [5, 5.41) is 0.921. The van der Waals surface area contributed by atoms with E-state index in [1.807, 2.05) is 38.1 Å². The van der Waals surface area contributed by atoms with Gasteiger partial charge in [-0.15, -0.1) is 0 Å². The van der Waals surface area contributed by atoms with Crippen LogP contribution in [0.25, 0.3) is 10.9 Å². The highest BCUT2D eigenvalue weighted by Gasteiger charge is 2.35. The van der Waals surface area contributed by atoms with E-state index in [4.69, 9.17) is 9.47 Å². The van der Waals surface area contributed by atoms with Crippen molar-refractivity contribution >= 4 is 16.8 Å². The van der Waals surface area contributed by atoms with E-state index in [-0.39, 0.29) is 24.0 Å². The number of rotatable bonds is 4. The maximum Gasteiger partial charge on any atom is 0.252 e. The Labute approximate surface area is 146 Å². The molecule has 0 saturated carbocycles. The number of H-pyrrole nitrogens is 1. The Morgan fingerprint density at radius 2 is 2.16 bits per heavy atom. The van der Waals surface area contributed by atoms with Crippen molar-refractivity contribution in [1.29, 1.82) is 0 Å². The first-order valence-corrected chi connectivity index (χ1v) is 8.43. The zero-order valence-corrected chi connectivity index (χ0v) is 14.9. The van der Waals surface area contributed by atoms with E-state index >= 15 is 0 Å². The van der Waals surface area contributed by atoms with Crippen molar-refractivity contribution < 1.29 is 14.3 Å². The monoisotopic (exact) mass is 344 g/mol. The molecule has 0 aliphatic carbocycles. The van der Waals surface area contributed by atoms with E-state index in [1.54, 1.807) is 18.1 Å². The van der Waals surface area contributed by atoms with Gasteiger partial charge in [-0.3, -0.25) is 9.59 Å². The van der Waals surface area contributed by atoms with Crippen LogP contribution < -0.4 is 5.56 Å². The number of aromatic nitrogens is 1. The number of carbonyl (C=O) groups excluding carboxylic acids is 1. The number of para-hydroxylation sites is 1. The molecule has 1 aromatic carbocycles. The van der Waals surface area contributed by atoms with Gasteiger partial charge in [0, 0.05) is 31.3 Å². The summed E-state index contributed by atoms with van der Waals surface area (Å²) in [5.74, 6) is -0.0711. The standard InChI is InChI=1S/C19H24N2O4/c1-19(2)12-21(10-15(25-19)11-24-3)17(22)9-14-8-13-6-4-5-7-16(13)20-18(14)23/h4-8,15H,9-12H2,1-3H3,(H,20,23)/t15-/m1/s1. The number of hydrogen-bond acceptors (Lipinski definition) is 4. The third kappa shape index (κ3) is 4.08. The molecule has 25 heavy (non-hydrogen) atoms. The first-order valence-electron chi connectivity index (χ1n) is 8.43. The van der Waals surface area contributed by atoms with Gasteiger partial charge in [-0.1, -0.05) is 18.2 Å². The lowest BCUT2D eigenvalue weighted by Crippen LogP contribution is -2.56. The Morgan fingerprint density at radius 1 is 1.40 bits per heavy atom. The maximum atomic E-state index is 12.8. The lowest BCUT2D eigenvalue weighted by Gasteiger charge is -2.42. The largest absolute Gasteiger partial charge is 0.382 e. The number of hydrogen-bond donors (Lipinski definition) is 1. The molecule has 134 valence electrons. The van der Waals surface area contributed by atoms with Crippen LogP contribution >= 0.6 is 0 Å². The first-order chi connectivity index (χ1) is 11.9. The Hall–Kier alpha value is -2.18. The smallest absolute Gasteiger partial charge is 0.252 e. The van der Waals surface area contributed by atoms with Crippen LogP contribution in [0.1, 0.15) is 19.4 Å². The van der Waals surface area contributed by atoms with Crippen LogP contribution in [0.15, 0.2) is 35.1 Å². The quantitative estimate of drug-likeness (QED) is 0.917. The third-order valence-corrected chi connectivity index (χ3v) is 4.36. The van der Waals surface area contributed by atoms with Crippen LogP contribution in [0.4, 0.5) is 0 Å².